The molecular formula is C38H46OS3. The van der Waals surface area contributed by atoms with Gasteiger partial charge in [0.1, 0.15) is 0 Å². The summed E-state index contributed by atoms with van der Waals surface area (Å²) in [6.07, 6.45) is 18.6. The van der Waals surface area contributed by atoms with Crippen LogP contribution < -0.4 is 0 Å². The van der Waals surface area contributed by atoms with Gasteiger partial charge in [0.25, 0.3) is 0 Å². The van der Waals surface area contributed by atoms with Crippen molar-refractivity contribution in [3.05, 3.63) is 98.2 Å². The fraction of sp³-hybridized carbons (Fsp3) is 0.447. The fourth-order valence-corrected chi connectivity index (χ4v) is 10.2. The lowest BCUT2D eigenvalue weighted by Crippen LogP contribution is -2.25. The highest BCUT2D eigenvalue weighted by molar-refractivity contribution is 8.08. The number of thiophene rings is 2. The van der Waals surface area contributed by atoms with E-state index in [-0.39, 0.29) is 5.41 Å². The number of unbranched alkanes of at least 4 members (excludes halogenated alkanes) is 7. The molecule has 1 nitrogen and oxygen atoms in total. The van der Waals surface area contributed by atoms with Crippen molar-refractivity contribution in [3.63, 3.8) is 0 Å². The number of thioether (sulfide) groups is 1. The van der Waals surface area contributed by atoms with E-state index in [4.69, 9.17) is 0 Å². The Kier molecular flexibility index (Phi) is 11.2. The quantitative estimate of drug-likeness (QED) is 0.0869. The number of hydrogen-bond acceptors (Lipinski definition) is 4. The van der Waals surface area contributed by atoms with Crippen molar-refractivity contribution in [2.24, 2.45) is 0 Å². The van der Waals surface area contributed by atoms with Crippen molar-refractivity contribution < 1.29 is 4.79 Å². The molecule has 0 radical (unpaired) electrons. The lowest BCUT2D eigenvalue weighted by atomic mass is 9.71. The van der Waals surface area contributed by atoms with Crippen LogP contribution in [0.3, 0.4) is 0 Å². The van der Waals surface area contributed by atoms with Gasteiger partial charge in [-0.1, -0.05) is 114 Å². The molecule has 2 aromatic carbocycles. The highest BCUT2D eigenvalue weighted by Crippen LogP contribution is 2.59. The molecule has 1 aliphatic rings. The van der Waals surface area contributed by atoms with E-state index < -0.39 is 0 Å². The van der Waals surface area contributed by atoms with Gasteiger partial charge in [-0.25, -0.2) is 0 Å². The number of fused-ring (bicyclic) bond motifs is 3. The first-order valence-corrected chi connectivity index (χ1v) is 18.8. The predicted molar refractivity (Wildman–Crippen MR) is 189 cm³/mol. The van der Waals surface area contributed by atoms with Gasteiger partial charge in [0.15, 0.2) is 6.29 Å². The third kappa shape index (κ3) is 6.66. The minimum Gasteiger partial charge on any atom is -0.297 e. The summed E-state index contributed by atoms with van der Waals surface area (Å²) in [5.74, 6) is 1.14. The molecule has 0 amide bonds. The van der Waals surface area contributed by atoms with Crippen molar-refractivity contribution in [1.29, 1.82) is 0 Å². The molecule has 2 aromatic heterocycles. The third-order valence-corrected chi connectivity index (χ3v) is 12.3. The largest absolute Gasteiger partial charge is 0.297 e. The van der Waals surface area contributed by atoms with Crippen molar-refractivity contribution in [2.75, 3.05) is 5.75 Å². The van der Waals surface area contributed by atoms with Crippen LogP contribution >= 0.6 is 34.4 Å². The third-order valence-electron chi connectivity index (χ3n) is 8.68. The van der Waals surface area contributed by atoms with Gasteiger partial charge in [-0.15, -0.1) is 34.4 Å². The van der Waals surface area contributed by atoms with Gasteiger partial charge in [0, 0.05) is 20.0 Å². The van der Waals surface area contributed by atoms with Crippen molar-refractivity contribution in [2.45, 2.75) is 103 Å². The van der Waals surface area contributed by atoms with Gasteiger partial charge in [-0.3, -0.25) is 4.79 Å². The molecule has 42 heavy (non-hydrogen) atoms. The average molecular weight is 615 g/mol. The SMILES string of the molecule is CCCCCCc1ccc(C2(c3ccc(CCCCCC)cc3)C=C(SCCCC)c3sc4cc(C=O)sc4c32)cc1. The monoisotopic (exact) mass is 614 g/mol. The maximum atomic E-state index is 11.8. The topological polar surface area (TPSA) is 17.1 Å². The molecule has 0 N–H and O–H groups in total. The van der Waals surface area contributed by atoms with Gasteiger partial charge in [0.05, 0.1) is 15.0 Å². The molecule has 5 rings (SSSR count). The number of carbonyl (C=O) groups is 1. The van der Waals surface area contributed by atoms with Gasteiger partial charge in [0.2, 0.25) is 0 Å². The summed E-state index contributed by atoms with van der Waals surface area (Å²) >= 11 is 5.57. The zero-order chi connectivity index (χ0) is 29.4. The maximum absolute atomic E-state index is 11.8. The smallest absolute Gasteiger partial charge is 0.160 e. The second kappa shape index (κ2) is 15.0. The van der Waals surface area contributed by atoms with Crippen LogP contribution in [0.1, 0.15) is 127 Å². The second-order valence-electron chi connectivity index (χ2n) is 11.8. The first-order valence-electron chi connectivity index (χ1n) is 16.2. The molecule has 4 heteroatoms. The molecule has 0 bridgehead atoms. The fourth-order valence-electron chi connectivity index (χ4n) is 6.27. The Morgan fingerprint density at radius 1 is 0.714 bits per heavy atom. The molecule has 222 valence electrons. The number of allylic oxidation sites excluding steroid dienone is 1. The van der Waals surface area contributed by atoms with E-state index in [0.29, 0.717) is 0 Å². The summed E-state index contributed by atoms with van der Waals surface area (Å²) in [6, 6.07) is 21.2. The van der Waals surface area contributed by atoms with Gasteiger partial charge >= 0.3 is 0 Å². The number of rotatable bonds is 17. The van der Waals surface area contributed by atoms with Crippen molar-refractivity contribution >= 4 is 55.0 Å². The van der Waals surface area contributed by atoms with E-state index in [1.807, 2.05) is 23.1 Å². The van der Waals surface area contributed by atoms with Crippen molar-refractivity contribution in [3.8, 4) is 0 Å². The highest BCUT2D eigenvalue weighted by Gasteiger charge is 2.44. The van der Waals surface area contributed by atoms with Gasteiger partial charge < -0.3 is 0 Å². The van der Waals surface area contributed by atoms with E-state index in [2.05, 4.69) is 81.4 Å². The Morgan fingerprint density at radius 2 is 1.29 bits per heavy atom. The minimum absolute atomic E-state index is 0.353. The first kappa shape index (κ1) is 31.3. The molecule has 1 aliphatic carbocycles. The van der Waals surface area contributed by atoms with Gasteiger partial charge in [-0.2, -0.15) is 0 Å². The molecule has 0 unspecified atom stereocenters. The standard InChI is InChI=1S/C38H46OS3/c1-4-7-10-12-14-28-16-20-30(21-17-28)38(31-22-18-29(19-23-31)15-13-11-8-5-2)26-34(40-24-9-6-3)37-35(38)36-33(42-37)25-32(27-39)41-36/h16-23,25-27H,4-15,24H2,1-3H3. The van der Waals surface area contributed by atoms with Crippen LogP contribution in [-0.4, -0.2) is 12.0 Å². The van der Waals surface area contributed by atoms with E-state index in [0.717, 1.165) is 29.8 Å². The lowest BCUT2D eigenvalue weighted by molar-refractivity contribution is 0.112. The zero-order valence-electron chi connectivity index (χ0n) is 25.7. The summed E-state index contributed by atoms with van der Waals surface area (Å²) in [4.78, 5) is 15.5. The van der Waals surface area contributed by atoms with Crippen LogP contribution in [0.15, 0.2) is 60.7 Å². The van der Waals surface area contributed by atoms with Crippen LogP contribution in [0.4, 0.5) is 0 Å². The lowest BCUT2D eigenvalue weighted by Gasteiger charge is -2.30. The Morgan fingerprint density at radius 3 is 1.81 bits per heavy atom. The van der Waals surface area contributed by atoms with E-state index >= 15 is 0 Å². The van der Waals surface area contributed by atoms with E-state index in [1.54, 1.807) is 11.3 Å². The van der Waals surface area contributed by atoms with Crippen LogP contribution in [0.5, 0.6) is 0 Å². The Hall–Kier alpha value is -2.14. The Labute approximate surface area is 265 Å². The molecule has 2 heterocycles. The minimum atomic E-state index is -0.353. The first-order chi connectivity index (χ1) is 20.6. The molecule has 4 aromatic rings. The summed E-state index contributed by atoms with van der Waals surface area (Å²) in [5, 5.41) is 0. The van der Waals surface area contributed by atoms with Crippen LogP contribution in [0, 0.1) is 0 Å². The average Bonchev–Trinajstić information content (AvgIpc) is 3.68. The molecule has 0 aliphatic heterocycles. The molecule has 0 atom stereocenters. The highest BCUT2D eigenvalue weighted by atomic mass is 32.2. The Balaban J connectivity index is 1.60. The van der Waals surface area contributed by atoms with E-state index in [1.165, 1.54) is 111 Å². The number of benzene rings is 2. The van der Waals surface area contributed by atoms with Gasteiger partial charge in [-0.05, 0) is 72.3 Å². The van der Waals surface area contributed by atoms with Crippen LogP contribution in [-0.2, 0) is 18.3 Å². The Bertz CT molecular complexity index is 1410. The molecule has 0 saturated carbocycles. The summed E-state index contributed by atoms with van der Waals surface area (Å²) in [5.41, 5.74) is 6.58. The maximum Gasteiger partial charge on any atom is 0.160 e. The second-order valence-corrected chi connectivity index (χ2v) is 15.1. The predicted octanol–water partition coefficient (Wildman–Crippen LogP) is 12.2. The number of aldehydes is 1. The summed E-state index contributed by atoms with van der Waals surface area (Å²) in [6.45, 7) is 6.83. The summed E-state index contributed by atoms with van der Waals surface area (Å²) < 4.78 is 2.53. The normalized spacial score (nSPS) is 13.9. The molecular weight excluding hydrogens is 569 g/mol. The van der Waals surface area contributed by atoms with Crippen molar-refractivity contribution in [1.82, 2.24) is 0 Å². The number of hydrogen-bond donors (Lipinski definition) is 0. The number of carbonyl (C=O) groups excluding carboxylic acids is 1. The molecule has 0 saturated heterocycles. The summed E-state index contributed by atoms with van der Waals surface area (Å²) in [7, 11) is 0. The number of aryl methyl sites for hydroxylation is 2. The molecule has 0 fully saturated rings. The molecule has 0 spiro atoms. The van der Waals surface area contributed by atoms with Crippen LogP contribution in [0.25, 0.3) is 14.3 Å². The van der Waals surface area contributed by atoms with E-state index in [9.17, 15) is 4.79 Å². The van der Waals surface area contributed by atoms with Crippen LogP contribution in [0.2, 0.25) is 0 Å². The zero-order valence-corrected chi connectivity index (χ0v) is 28.1.